The van der Waals surface area contributed by atoms with Crippen LogP contribution in [0.1, 0.15) is 38.5 Å². The number of ether oxygens (including phenoxy) is 2. The summed E-state index contributed by atoms with van der Waals surface area (Å²) in [5.74, 6) is 2.19. The molecule has 2 saturated heterocycles. The number of rotatable bonds is 12. The first kappa shape index (κ1) is 27.1. The summed E-state index contributed by atoms with van der Waals surface area (Å²) in [5.41, 5.74) is 2.33. The number of benzene rings is 2. The van der Waals surface area contributed by atoms with Crippen LogP contribution in [0, 0.1) is 0 Å². The van der Waals surface area contributed by atoms with Crippen molar-refractivity contribution in [3.63, 3.8) is 0 Å². The van der Waals surface area contributed by atoms with E-state index in [1.165, 1.54) is 5.69 Å². The lowest BCUT2D eigenvalue weighted by Gasteiger charge is -2.36. The van der Waals surface area contributed by atoms with Crippen molar-refractivity contribution < 1.29 is 14.3 Å². The fourth-order valence-corrected chi connectivity index (χ4v) is 5.22. The van der Waals surface area contributed by atoms with Crippen molar-refractivity contribution in [3.05, 3.63) is 48.5 Å². The topological polar surface area (TPSA) is 48.5 Å². The molecule has 0 spiro atoms. The summed E-state index contributed by atoms with van der Waals surface area (Å²) in [6.45, 7) is 8.30. The molecule has 0 N–H and O–H groups in total. The van der Waals surface area contributed by atoms with E-state index in [1.807, 2.05) is 23.1 Å². The van der Waals surface area contributed by atoms with Crippen LogP contribution in [0.5, 0.6) is 11.5 Å². The summed E-state index contributed by atoms with van der Waals surface area (Å²) in [4.78, 5) is 21.8. The molecule has 2 aromatic carbocycles. The molecule has 2 fully saturated rings. The Morgan fingerprint density at radius 3 is 1.92 bits per heavy atom. The zero-order valence-electron chi connectivity index (χ0n) is 22.7. The number of piperazine rings is 2. The van der Waals surface area contributed by atoms with E-state index >= 15 is 0 Å². The van der Waals surface area contributed by atoms with Gasteiger partial charge in [0.15, 0.2) is 0 Å². The minimum Gasteiger partial charge on any atom is -0.495 e. The largest absolute Gasteiger partial charge is 0.495 e. The molecule has 2 aliphatic heterocycles. The molecular weight excluding hydrogens is 464 g/mol. The number of anilines is 2. The predicted octanol–water partition coefficient (Wildman–Crippen LogP) is 4.52. The summed E-state index contributed by atoms with van der Waals surface area (Å²) < 4.78 is 11.7. The monoisotopic (exact) mass is 508 g/mol. The fraction of sp³-hybridized carbons (Fsp3) is 0.567. The van der Waals surface area contributed by atoms with Gasteiger partial charge < -0.3 is 29.1 Å². The van der Waals surface area contributed by atoms with Gasteiger partial charge in [0.2, 0.25) is 5.91 Å². The van der Waals surface area contributed by atoms with Gasteiger partial charge in [-0.05, 0) is 44.2 Å². The van der Waals surface area contributed by atoms with Gasteiger partial charge in [0, 0.05) is 58.8 Å². The van der Waals surface area contributed by atoms with Crippen LogP contribution in [0.15, 0.2) is 48.5 Å². The molecule has 0 aliphatic carbocycles. The van der Waals surface area contributed by atoms with Crippen LogP contribution in [0.25, 0.3) is 0 Å². The Kier molecular flexibility index (Phi) is 10.4. The van der Waals surface area contributed by atoms with E-state index in [0.717, 1.165) is 108 Å². The molecule has 0 unspecified atom stereocenters. The third kappa shape index (κ3) is 7.78. The van der Waals surface area contributed by atoms with Crippen molar-refractivity contribution in [1.29, 1.82) is 0 Å². The molecule has 0 saturated carbocycles. The van der Waals surface area contributed by atoms with Crippen LogP contribution in [-0.2, 0) is 4.79 Å². The summed E-state index contributed by atoms with van der Waals surface area (Å²) >= 11 is 0. The Bertz CT molecular complexity index is 969. The number of para-hydroxylation sites is 4. The Hall–Kier alpha value is -2.93. The first-order valence-corrected chi connectivity index (χ1v) is 14.0. The van der Waals surface area contributed by atoms with Crippen LogP contribution in [0.2, 0.25) is 0 Å². The van der Waals surface area contributed by atoms with Crippen molar-refractivity contribution in [1.82, 2.24) is 9.80 Å². The highest BCUT2D eigenvalue weighted by molar-refractivity contribution is 5.76. The molecule has 37 heavy (non-hydrogen) atoms. The number of methoxy groups -OCH3 is 1. The lowest BCUT2D eigenvalue weighted by Crippen LogP contribution is -2.48. The Morgan fingerprint density at radius 2 is 1.24 bits per heavy atom. The van der Waals surface area contributed by atoms with Crippen molar-refractivity contribution in [3.8, 4) is 11.5 Å². The summed E-state index contributed by atoms with van der Waals surface area (Å²) in [5, 5.41) is 0. The van der Waals surface area contributed by atoms with Gasteiger partial charge in [-0.2, -0.15) is 0 Å². The van der Waals surface area contributed by atoms with Gasteiger partial charge in [-0.3, -0.25) is 4.79 Å². The average Bonchev–Trinajstić information content (AvgIpc) is 2.95. The molecule has 0 radical (unpaired) electrons. The highest BCUT2D eigenvalue weighted by Gasteiger charge is 2.22. The summed E-state index contributed by atoms with van der Waals surface area (Å²) in [6.07, 6.45) is 6.07. The van der Waals surface area contributed by atoms with E-state index < -0.39 is 0 Å². The first-order chi connectivity index (χ1) is 18.2. The number of hydrogen-bond acceptors (Lipinski definition) is 6. The minimum absolute atomic E-state index is 0.295. The van der Waals surface area contributed by atoms with Gasteiger partial charge in [-0.25, -0.2) is 0 Å². The van der Waals surface area contributed by atoms with Gasteiger partial charge in [0.1, 0.15) is 11.5 Å². The number of carbonyl (C=O) groups excluding carboxylic acids is 1. The van der Waals surface area contributed by atoms with Crippen LogP contribution >= 0.6 is 0 Å². The Balaban J connectivity index is 1.07. The van der Waals surface area contributed by atoms with Crippen LogP contribution in [0.4, 0.5) is 11.4 Å². The molecule has 2 aromatic rings. The van der Waals surface area contributed by atoms with Gasteiger partial charge >= 0.3 is 0 Å². The van der Waals surface area contributed by atoms with E-state index in [4.69, 9.17) is 9.47 Å². The lowest BCUT2D eigenvalue weighted by atomic mass is 10.1. The molecule has 2 aliphatic rings. The van der Waals surface area contributed by atoms with Gasteiger partial charge in [-0.15, -0.1) is 0 Å². The Morgan fingerprint density at radius 1 is 0.703 bits per heavy atom. The van der Waals surface area contributed by atoms with Crippen molar-refractivity contribution in [2.75, 3.05) is 82.9 Å². The number of hydrogen-bond donors (Lipinski definition) is 0. The molecule has 0 atom stereocenters. The number of amides is 1. The number of nitrogens with zero attached hydrogens (tertiary/aromatic N) is 4. The van der Waals surface area contributed by atoms with Gasteiger partial charge in [0.25, 0.3) is 0 Å². The molecule has 202 valence electrons. The molecule has 7 heteroatoms. The van der Waals surface area contributed by atoms with Crippen LogP contribution in [-0.4, -0.2) is 88.8 Å². The van der Waals surface area contributed by atoms with Gasteiger partial charge in [-0.1, -0.05) is 43.5 Å². The molecule has 7 nitrogen and oxygen atoms in total. The number of unbranched alkanes of at least 4 members (excludes halogenated alkanes) is 4. The number of likely N-dealkylation sites (N-methyl/N-ethyl adjacent to an activating group) is 1. The van der Waals surface area contributed by atoms with Crippen molar-refractivity contribution >= 4 is 17.3 Å². The molecule has 0 aromatic heterocycles. The average molecular weight is 509 g/mol. The smallest absolute Gasteiger partial charge is 0.222 e. The van der Waals surface area contributed by atoms with Crippen molar-refractivity contribution in [2.24, 2.45) is 0 Å². The second-order valence-electron chi connectivity index (χ2n) is 10.2. The second kappa shape index (κ2) is 14.1. The lowest BCUT2D eigenvalue weighted by molar-refractivity contribution is -0.131. The zero-order valence-corrected chi connectivity index (χ0v) is 22.7. The maximum atomic E-state index is 12.7. The van der Waals surface area contributed by atoms with Crippen molar-refractivity contribution in [2.45, 2.75) is 38.5 Å². The maximum absolute atomic E-state index is 12.7. The van der Waals surface area contributed by atoms with Gasteiger partial charge in [0.05, 0.1) is 25.1 Å². The highest BCUT2D eigenvalue weighted by atomic mass is 16.5. The maximum Gasteiger partial charge on any atom is 0.222 e. The van der Waals surface area contributed by atoms with E-state index in [9.17, 15) is 4.79 Å². The van der Waals surface area contributed by atoms with E-state index in [-0.39, 0.29) is 0 Å². The van der Waals surface area contributed by atoms with Crippen LogP contribution in [0.3, 0.4) is 0 Å². The second-order valence-corrected chi connectivity index (χ2v) is 10.2. The molecule has 2 heterocycles. The minimum atomic E-state index is 0.295. The standard InChI is InChI=1S/C30H44N4O3/c1-31-17-19-32(20-18-31)27-13-8-10-15-29(27)37-25-11-5-3-4-6-16-30(35)34-23-21-33(22-24-34)26-12-7-9-14-28(26)36-2/h7-10,12-15H,3-6,11,16-25H2,1-2H3. The molecule has 1 amide bonds. The third-order valence-electron chi connectivity index (χ3n) is 7.56. The quantitative estimate of drug-likeness (QED) is 0.393. The molecule has 0 bridgehead atoms. The van der Waals surface area contributed by atoms with E-state index in [2.05, 4.69) is 52.1 Å². The highest BCUT2D eigenvalue weighted by Crippen LogP contribution is 2.30. The Labute approximate surface area is 222 Å². The summed E-state index contributed by atoms with van der Waals surface area (Å²) in [7, 11) is 3.89. The predicted molar refractivity (Wildman–Crippen MR) is 151 cm³/mol. The SMILES string of the molecule is COc1ccccc1N1CCN(C(=O)CCCCCCCOc2ccccc2N2CCN(C)CC2)CC1. The van der Waals surface area contributed by atoms with Crippen LogP contribution < -0.4 is 19.3 Å². The molecular formula is C30H44N4O3. The fourth-order valence-electron chi connectivity index (χ4n) is 5.22. The van der Waals surface area contributed by atoms with E-state index in [0.29, 0.717) is 12.3 Å². The number of carbonyl (C=O) groups is 1. The normalized spacial score (nSPS) is 16.6. The third-order valence-corrected chi connectivity index (χ3v) is 7.56. The molecule has 4 rings (SSSR count). The zero-order chi connectivity index (χ0) is 25.9. The first-order valence-electron chi connectivity index (χ1n) is 14.0. The summed E-state index contributed by atoms with van der Waals surface area (Å²) in [6, 6.07) is 16.5. The van der Waals surface area contributed by atoms with E-state index in [1.54, 1.807) is 7.11 Å².